The van der Waals surface area contributed by atoms with E-state index in [1.807, 2.05) is 0 Å². The highest BCUT2D eigenvalue weighted by molar-refractivity contribution is 5.90. The second-order valence-corrected chi connectivity index (χ2v) is 7.71. The summed E-state index contributed by atoms with van der Waals surface area (Å²) in [5.41, 5.74) is -0.673. The second kappa shape index (κ2) is 5.91. The Bertz CT molecular complexity index is 557. The van der Waals surface area contributed by atoms with Crippen LogP contribution in [0.3, 0.4) is 0 Å². The number of nitrogens with one attached hydrogen (secondary N) is 1. The van der Waals surface area contributed by atoms with Crippen LogP contribution in [-0.4, -0.2) is 63.9 Å². The zero-order valence-electron chi connectivity index (χ0n) is 14.2. The number of aliphatic carboxylic acids is 1. The van der Waals surface area contributed by atoms with Crippen molar-refractivity contribution < 1.29 is 29.0 Å². The van der Waals surface area contributed by atoms with E-state index in [9.17, 15) is 19.5 Å². The maximum absolute atomic E-state index is 12.9. The minimum atomic E-state index is -1.00. The molecular weight excluding hydrogens is 316 g/mol. The Morgan fingerprint density at radius 3 is 2.54 bits per heavy atom. The van der Waals surface area contributed by atoms with Gasteiger partial charge in [-0.2, -0.15) is 0 Å². The van der Waals surface area contributed by atoms with Gasteiger partial charge in [-0.15, -0.1) is 0 Å². The van der Waals surface area contributed by atoms with Gasteiger partial charge in [0.25, 0.3) is 0 Å². The molecule has 0 spiro atoms. The Hall–Kier alpha value is -1.83. The Kier molecular flexibility index (Phi) is 4.19. The van der Waals surface area contributed by atoms with Crippen molar-refractivity contribution in [3.63, 3.8) is 0 Å². The molecule has 5 atom stereocenters. The average Bonchev–Trinajstić information content (AvgIpc) is 2.99. The number of carbonyl (C=O) groups is 3. The first-order chi connectivity index (χ1) is 11.2. The van der Waals surface area contributed by atoms with Crippen LogP contribution in [0.1, 0.15) is 46.5 Å². The number of fused-ring (bicyclic) bond motifs is 2. The number of nitrogens with zero attached hydrogens (tertiary/aromatic N) is 1. The Morgan fingerprint density at radius 2 is 1.92 bits per heavy atom. The van der Waals surface area contributed by atoms with Gasteiger partial charge in [-0.1, -0.05) is 0 Å². The highest BCUT2D eigenvalue weighted by Gasteiger charge is 2.52. The first-order valence-corrected chi connectivity index (χ1v) is 8.35. The summed E-state index contributed by atoms with van der Waals surface area (Å²) >= 11 is 0. The van der Waals surface area contributed by atoms with Crippen molar-refractivity contribution >= 4 is 18.0 Å². The van der Waals surface area contributed by atoms with Gasteiger partial charge in [0.1, 0.15) is 17.7 Å². The molecule has 3 aliphatic heterocycles. The quantitative estimate of drug-likeness (QED) is 0.723. The molecule has 0 unspecified atom stereocenters. The number of carboxylic acid groups (broad SMARTS) is 1. The van der Waals surface area contributed by atoms with Crippen LogP contribution < -0.4 is 5.32 Å². The fraction of sp³-hybridized carbons (Fsp3) is 0.812. The number of alkyl carbamates (subject to hydrolysis) is 1. The summed E-state index contributed by atoms with van der Waals surface area (Å²) in [6, 6.07) is -1.80. The number of ether oxygens (including phenoxy) is 2. The van der Waals surface area contributed by atoms with Gasteiger partial charge in [-0.25, -0.2) is 9.59 Å². The van der Waals surface area contributed by atoms with E-state index in [0.717, 1.165) is 0 Å². The van der Waals surface area contributed by atoms with Gasteiger partial charge in [0.2, 0.25) is 5.91 Å². The van der Waals surface area contributed by atoms with Crippen molar-refractivity contribution in [2.75, 3.05) is 0 Å². The monoisotopic (exact) mass is 340 g/mol. The molecular formula is C16H24N2O6. The summed E-state index contributed by atoms with van der Waals surface area (Å²) in [5.74, 6) is -1.36. The maximum Gasteiger partial charge on any atom is 0.408 e. The van der Waals surface area contributed by atoms with Crippen LogP contribution in [-0.2, 0) is 19.1 Å². The van der Waals surface area contributed by atoms with Crippen LogP contribution in [0.25, 0.3) is 0 Å². The predicted octanol–water partition coefficient (Wildman–Crippen LogP) is 0.885. The summed E-state index contributed by atoms with van der Waals surface area (Å²) in [7, 11) is 0. The summed E-state index contributed by atoms with van der Waals surface area (Å²) in [6.07, 6.45) is 1.40. The minimum Gasteiger partial charge on any atom is -0.480 e. The van der Waals surface area contributed by atoms with E-state index in [0.29, 0.717) is 25.7 Å². The van der Waals surface area contributed by atoms with Gasteiger partial charge in [0, 0.05) is 12.5 Å². The molecule has 0 aliphatic carbocycles. The highest BCUT2D eigenvalue weighted by Crippen LogP contribution is 2.39. The minimum absolute atomic E-state index is 0.0427. The van der Waals surface area contributed by atoms with Gasteiger partial charge in [-0.05, 0) is 40.0 Å². The fourth-order valence-corrected chi connectivity index (χ4v) is 3.64. The first-order valence-electron chi connectivity index (χ1n) is 8.35. The van der Waals surface area contributed by atoms with E-state index >= 15 is 0 Å². The lowest BCUT2D eigenvalue weighted by Gasteiger charge is -2.33. The molecule has 3 saturated heterocycles. The lowest BCUT2D eigenvalue weighted by Crippen LogP contribution is -2.56. The van der Waals surface area contributed by atoms with Crippen LogP contribution in [0.15, 0.2) is 0 Å². The molecule has 0 aromatic rings. The number of carboxylic acids is 1. The largest absolute Gasteiger partial charge is 0.480 e. The molecule has 134 valence electrons. The summed E-state index contributed by atoms with van der Waals surface area (Å²) in [5, 5.41) is 12.0. The molecule has 3 fully saturated rings. The number of hydrogen-bond acceptors (Lipinski definition) is 5. The molecule has 3 heterocycles. The Balaban J connectivity index is 1.76. The smallest absolute Gasteiger partial charge is 0.408 e. The molecule has 24 heavy (non-hydrogen) atoms. The van der Waals surface area contributed by atoms with Crippen LogP contribution in [0.2, 0.25) is 0 Å². The number of rotatable bonds is 2. The third-order valence-electron chi connectivity index (χ3n) is 4.69. The van der Waals surface area contributed by atoms with Crippen molar-refractivity contribution in [3.8, 4) is 0 Å². The maximum atomic E-state index is 12.9. The zero-order chi connectivity index (χ0) is 17.6. The highest BCUT2D eigenvalue weighted by atomic mass is 16.6. The Labute approximate surface area is 140 Å². The second-order valence-electron chi connectivity index (χ2n) is 7.71. The molecule has 0 radical (unpaired) electrons. The van der Waals surface area contributed by atoms with Gasteiger partial charge in [0.15, 0.2) is 0 Å². The summed E-state index contributed by atoms with van der Waals surface area (Å²) in [6.45, 7) is 5.22. The van der Waals surface area contributed by atoms with E-state index in [4.69, 9.17) is 9.47 Å². The number of carbonyl (C=O) groups excluding carboxylic acids is 2. The first kappa shape index (κ1) is 17.0. The van der Waals surface area contributed by atoms with Gasteiger partial charge in [-0.3, -0.25) is 4.79 Å². The van der Waals surface area contributed by atoms with E-state index < -0.39 is 29.7 Å². The molecule has 3 aliphatic rings. The standard InChI is InChI=1S/C16H24N2O6/c1-16(2,3)24-15(22)17-9-7-12-11(23-12)6-8-4-5-10(14(20)21)18(8)13(9)19/h8-12H,4-7H2,1-3H3,(H,17,22)(H,20,21)/t8-,9+,10+,11-,12+/m1/s1. The van der Waals surface area contributed by atoms with Crippen LogP contribution in [0.5, 0.6) is 0 Å². The Morgan fingerprint density at radius 1 is 1.25 bits per heavy atom. The molecule has 0 saturated carbocycles. The van der Waals surface area contributed by atoms with E-state index in [-0.39, 0.29) is 24.2 Å². The molecule has 3 rings (SSSR count). The van der Waals surface area contributed by atoms with Crippen molar-refractivity contribution in [3.05, 3.63) is 0 Å². The lowest BCUT2D eigenvalue weighted by molar-refractivity contribution is -0.150. The normalized spacial score (nSPS) is 35.4. The van der Waals surface area contributed by atoms with E-state index in [1.54, 1.807) is 20.8 Å². The van der Waals surface area contributed by atoms with Crippen LogP contribution >= 0.6 is 0 Å². The summed E-state index contributed by atoms with van der Waals surface area (Å²) in [4.78, 5) is 37.8. The van der Waals surface area contributed by atoms with E-state index in [2.05, 4.69) is 5.32 Å². The summed E-state index contributed by atoms with van der Waals surface area (Å²) < 4.78 is 10.8. The SMILES string of the molecule is CC(C)(C)OC(=O)N[C@H]1C[C@@H]2O[C@@H]2C[C@H]2CC[C@@H](C(=O)O)N2C1=O. The lowest BCUT2D eigenvalue weighted by atomic mass is 9.99. The predicted molar refractivity (Wildman–Crippen MR) is 82.3 cm³/mol. The van der Waals surface area contributed by atoms with Crippen LogP contribution in [0.4, 0.5) is 4.79 Å². The van der Waals surface area contributed by atoms with Crippen molar-refractivity contribution in [1.29, 1.82) is 0 Å². The molecule has 2 N–H and O–H groups in total. The molecule has 8 heteroatoms. The fourth-order valence-electron chi connectivity index (χ4n) is 3.64. The molecule has 0 aromatic carbocycles. The topological polar surface area (TPSA) is 108 Å². The van der Waals surface area contributed by atoms with Crippen molar-refractivity contribution in [1.82, 2.24) is 10.2 Å². The van der Waals surface area contributed by atoms with Gasteiger partial charge < -0.3 is 24.8 Å². The van der Waals surface area contributed by atoms with Crippen LogP contribution in [0, 0.1) is 0 Å². The molecule has 0 aromatic heterocycles. The third-order valence-corrected chi connectivity index (χ3v) is 4.69. The number of amides is 2. The van der Waals surface area contributed by atoms with Crippen molar-refractivity contribution in [2.24, 2.45) is 0 Å². The van der Waals surface area contributed by atoms with Gasteiger partial charge >= 0.3 is 12.1 Å². The third kappa shape index (κ3) is 3.48. The molecule has 8 nitrogen and oxygen atoms in total. The molecule has 0 bridgehead atoms. The van der Waals surface area contributed by atoms with Crippen molar-refractivity contribution in [2.45, 2.75) is 82.4 Å². The molecule has 2 amide bonds. The van der Waals surface area contributed by atoms with E-state index in [1.165, 1.54) is 4.90 Å². The number of hydrogen-bond donors (Lipinski definition) is 2. The zero-order valence-corrected chi connectivity index (χ0v) is 14.2. The average molecular weight is 340 g/mol. The van der Waals surface area contributed by atoms with Gasteiger partial charge in [0.05, 0.1) is 12.2 Å². The number of epoxide rings is 1.